The minimum Gasteiger partial charge on any atom is -0.395 e. The van der Waals surface area contributed by atoms with Gasteiger partial charge in [-0.25, -0.2) is 10.8 Å². The van der Waals surface area contributed by atoms with Gasteiger partial charge in [0, 0.05) is 19.3 Å². The van der Waals surface area contributed by atoms with Gasteiger partial charge in [-0.1, -0.05) is 18.5 Å². The Morgan fingerprint density at radius 1 is 1.61 bits per heavy atom. The van der Waals surface area contributed by atoms with Crippen LogP contribution in [-0.4, -0.2) is 40.6 Å². The number of aliphatic hydroxyl groups excluding tert-OH is 1. The fourth-order valence-corrected chi connectivity index (χ4v) is 1.77. The average Bonchev–Trinajstić information content (AvgIpc) is 2.37. The Labute approximate surface area is 111 Å². The topological polar surface area (TPSA) is 91.5 Å². The minimum absolute atomic E-state index is 0.0741. The maximum atomic E-state index is 12.1. The number of nitrogens with one attached hydrogen (secondary N) is 1. The third-order valence-corrected chi connectivity index (χ3v) is 2.66. The average molecular weight is 273 g/mol. The van der Waals surface area contributed by atoms with Crippen LogP contribution in [0.5, 0.6) is 0 Å². The van der Waals surface area contributed by atoms with Gasteiger partial charge in [-0.05, 0) is 12.5 Å². The van der Waals surface area contributed by atoms with Crippen molar-refractivity contribution in [1.29, 1.82) is 0 Å². The van der Waals surface area contributed by atoms with Crippen molar-refractivity contribution in [3.63, 3.8) is 0 Å². The monoisotopic (exact) mass is 272 g/mol. The molecule has 1 rings (SSSR count). The summed E-state index contributed by atoms with van der Waals surface area (Å²) < 4.78 is 0. The lowest BCUT2D eigenvalue weighted by Crippen LogP contribution is -2.34. The molecule has 18 heavy (non-hydrogen) atoms. The van der Waals surface area contributed by atoms with Gasteiger partial charge in [-0.2, -0.15) is 0 Å². The van der Waals surface area contributed by atoms with Crippen LogP contribution in [-0.2, 0) is 0 Å². The molecule has 0 saturated carbocycles. The number of aromatic nitrogens is 1. The first-order chi connectivity index (χ1) is 8.63. The quantitative estimate of drug-likeness (QED) is 0.528. The normalized spacial score (nSPS) is 10.2. The first-order valence-electron chi connectivity index (χ1n) is 5.66. The van der Waals surface area contributed by atoms with Crippen molar-refractivity contribution in [3.05, 3.63) is 22.8 Å². The summed E-state index contributed by atoms with van der Waals surface area (Å²) in [5.74, 6) is 5.32. The van der Waals surface area contributed by atoms with Crippen LogP contribution < -0.4 is 11.3 Å². The lowest BCUT2D eigenvalue weighted by Gasteiger charge is -2.21. The molecule has 100 valence electrons. The predicted octanol–water partition coefficient (Wildman–Crippen LogP) is 0.865. The van der Waals surface area contributed by atoms with Gasteiger partial charge in [0.2, 0.25) is 0 Å². The Balaban J connectivity index is 2.90. The molecule has 0 fully saturated rings. The van der Waals surface area contributed by atoms with Crippen LogP contribution in [0.4, 0.5) is 5.82 Å². The summed E-state index contributed by atoms with van der Waals surface area (Å²) in [5, 5.41) is 9.22. The molecule has 0 aliphatic heterocycles. The standard InChI is InChI=1S/C11H17ClN4O2/c1-2-3-16(4-5-17)11(18)8-6-9(12)10(15-13)14-7-8/h6-7,17H,2-5,13H2,1H3,(H,14,15). The molecule has 1 aromatic heterocycles. The lowest BCUT2D eigenvalue weighted by atomic mass is 10.2. The first kappa shape index (κ1) is 14.7. The van der Waals surface area contributed by atoms with E-state index in [9.17, 15) is 4.79 Å². The number of rotatable bonds is 6. The predicted molar refractivity (Wildman–Crippen MR) is 70.3 cm³/mol. The SMILES string of the molecule is CCCN(CCO)C(=O)c1cnc(NN)c(Cl)c1. The van der Waals surface area contributed by atoms with Gasteiger partial charge in [0.15, 0.2) is 5.82 Å². The van der Waals surface area contributed by atoms with E-state index in [0.717, 1.165) is 6.42 Å². The highest BCUT2D eigenvalue weighted by atomic mass is 35.5. The number of hydrogen-bond donors (Lipinski definition) is 3. The van der Waals surface area contributed by atoms with Crippen LogP contribution in [0.3, 0.4) is 0 Å². The number of carbonyl (C=O) groups excluding carboxylic acids is 1. The van der Waals surface area contributed by atoms with E-state index in [1.165, 1.54) is 12.3 Å². The molecule has 0 saturated heterocycles. The van der Waals surface area contributed by atoms with Crippen molar-refractivity contribution < 1.29 is 9.90 Å². The zero-order valence-corrected chi connectivity index (χ0v) is 10.9. The molecule has 1 amide bonds. The molecule has 7 heteroatoms. The number of halogens is 1. The third-order valence-electron chi connectivity index (χ3n) is 2.38. The van der Waals surface area contributed by atoms with E-state index in [1.54, 1.807) is 4.90 Å². The number of anilines is 1. The van der Waals surface area contributed by atoms with E-state index < -0.39 is 0 Å². The molecule has 0 radical (unpaired) electrons. The van der Waals surface area contributed by atoms with Crippen molar-refractivity contribution in [2.75, 3.05) is 25.1 Å². The molecule has 0 spiro atoms. The van der Waals surface area contributed by atoms with Gasteiger partial charge >= 0.3 is 0 Å². The zero-order chi connectivity index (χ0) is 13.5. The highest BCUT2D eigenvalue weighted by molar-refractivity contribution is 6.33. The van der Waals surface area contributed by atoms with Crippen LogP contribution in [0.1, 0.15) is 23.7 Å². The second kappa shape index (κ2) is 7.15. The summed E-state index contributed by atoms with van der Waals surface area (Å²) in [4.78, 5) is 17.6. The minimum atomic E-state index is -0.205. The largest absolute Gasteiger partial charge is 0.395 e. The number of hydrogen-bond acceptors (Lipinski definition) is 5. The molecule has 6 nitrogen and oxygen atoms in total. The maximum absolute atomic E-state index is 12.1. The Hall–Kier alpha value is -1.37. The Kier molecular flexibility index (Phi) is 5.84. The summed E-state index contributed by atoms with van der Waals surface area (Å²) in [7, 11) is 0. The van der Waals surface area contributed by atoms with Gasteiger partial charge in [-0.15, -0.1) is 0 Å². The van der Waals surface area contributed by atoms with Crippen LogP contribution in [0.15, 0.2) is 12.3 Å². The Bertz CT molecular complexity index is 408. The third kappa shape index (κ3) is 3.56. The summed E-state index contributed by atoms with van der Waals surface area (Å²) >= 11 is 5.91. The summed E-state index contributed by atoms with van der Waals surface area (Å²) in [6.07, 6.45) is 2.22. The molecule has 0 aliphatic carbocycles. The molecule has 1 aromatic rings. The van der Waals surface area contributed by atoms with Gasteiger partial charge in [0.1, 0.15) is 0 Å². The van der Waals surface area contributed by atoms with Gasteiger partial charge < -0.3 is 15.4 Å². The number of nitrogens with two attached hydrogens (primary N) is 1. The van der Waals surface area contributed by atoms with E-state index in [-0.39, 0.29) is 17.5 Å². The second-order valence-electron chi connectivity index (χ2n) is 3.71. The van der Waals surface area contributed by atoms with Gasteiger partial charge in [0.25, 0.3) is 5.91 Å². The number of pyridine rings is 1. The Morgan fingerprint density at radius 3 is 2.83 bits per heavy atom. The van der Waals surface area contributed by atoms with Crippen molar-refractivity contribution in [3.8, 4) is 0 Å². The highest BCUT2D eigenvalue weighted by Gasteiger charge is 2.16. The van der Waals surface area contributed by atoms with E-state index in [1.807, 2.05) is 6.92 Å². The molecule has 1 heterocycles. The number of nitrogens with zero attached hydrogens (tertiary/aromatic N) is 2. The van der Waals surface area contributed by atoms with Gasteiger partial charge in [0.05, 0.1) is 17.2 Å². The van der Waals surface area contributed by atoms with Gasteiger partial charge in [-0.3, -0.25) is 4.79 Å². The molecule has 0 aromatic carbocycles. The molecule has 0 unspecified atom stereocenters. The molecule has 0 atom stereocenters. The maximum Gasteiger partial charge on any atom is 0.255 e. The fraction of sp³-hybridized carbons (Fsp3) is 0.455. The van der Waals surface area contributed by atoms with Crippen molar-refractivity contribution in [2.24, 2.45) is 5.84 Å². The van der Waals surface area contributed by atoms with E-state index in [0.29, 0.717) is 24.5 Å². The van der Waals surface area contributed by atoms with Crippen molar-refractivity contribution in [2.45, 2.75) is 13.3 Å². The van der Waals surface area contributed by atoms with Crippen LogP contribution in [0, 0.1) is 0 Å². The number of hydrazine groups is 1. The molecular formula is C11H17ClN4O2. The van der Waals surface area contributed by atoms with E-state index in [4.69, 9.17) is 22.6 Å². The van der Waals surface area contributed by atoms with Crippen molar-refractivity contribution >= 4 is 23.3 Å². The van der Waals surface area contributed by atoms with E-state index in [2.05, 4.69) is 10.4 Å². The van der Waals surface area contributed by atoms with Crippen LogP contribution >= 0.6 is 11.6 Å². The summed E-state index contributed by atoms with van der Waals surface area (Å²) in [6, 6.07) is 1.51. The van der Waals surface area contributed by atoms with Crippen LogP contribution in [0.2, 0.25) is 5.02 Å². The summed E-state index contributed by atoms with van der Waals surface area (Å²) in [6.45, 7) is 2.76. The molecule has 0 bridgehead atoms. The van der Waals surface area contributed by atoms with E-state index >= 15 is 0 Å². The number of nitrogen functional groups attached to an aromatic ring is 1. The molecule has 0 aliphatic rings. The highest BCUT2D eigenvalue weighted by Crippen LogP contribution is 2.19. The summed E-state index contributed by atoms with van der Waals surface area (Å²) in [5.41, 5.74) is 2.71. The molecular weight excluding hydrogens is 256 g/mol. The van der Waals surface area contributed by atoms with Crippen LogP contribution in [0.25, 0.3) is 0 Å². The van der Waals surface area contributed by atoms with Crippen molar-refractivity contribution in [1.82, 2.24) is 9.88 Å². The fourth-order valence-electron chi connectivity index (χ4n) is 1.55. The zero-order valence-electron chi connectivity index (χ0n) is 10.2. The number of carbonyl (C=O) groups is 1. The lowest BCUT2D eigenvalue weighted by molar-refractivity contribution is 0.0721. The molecule has 4 N–H and O–H groups in total. The Morgan fingerprint density at radius 2 is 2.33 bits per heavy atom. The first-order valence-corrected chi connectivity index (χ1v) is 6.04. The smallest absolute Gasteiger partial charge is 0.255 e. The number of aliphatic hydroxyl groups is 1. The second-order valence-corrected chi connectivity index (χ2v) is 4.12. The number of amides is 1.